The number of nitriles is 1. The molecule has 0 spiro atoms. The number of nitrogens with zero attached hydrogens (tertiary/aromatic N) is 2. The molecule has 0 unspecified atom stereocenters. The molecule has 0 amide bonds. The predicted octanol–water partition coefficient (Wildman–Crippen LogP) is 6.21. The van der Waals surface area contributed by atoms with Crippen LogP contribution in [0.2, 0.25) is 0 Å². The van der Waals surface area contributed by atoms with Gasteiger partial charge in [0.1, 0.15) is 30.8 Å². The number of carbonyl (C=O) groups excluding carboxylic acids is 1. The maximum absolute atomic E-state index is 11.5. The highest BCUT2D eigenvalue weighted by molar-refractivity contribution is 5.79. The zero-order chi connectivity index (χ0) is 23.6. The van der Waals surface area contributed by atoms with E-state index >= 15 is 0 Å². The van der Waals surface area contributed by atoms with Gasteiger partial charge >= 0.3 is 0 Å². The molecule has 0 bridgehead atoms. The molecule has 3 rings (SSSR count). The molecular weight excluding hydrogens is 412 g/mol. The number of allylic oxidation sites excluding steroid dienone is 4. The fourth-order valence-electron chi connectivity index (χ4n) is 3.37. The Hall–Kier alpha value is -4.17. The zero-order valence-electron chi connectivity index (χ0n) is 19.0. The molecule has 0 atom stereocenters. The number of pyridine rings is 1. The molecule has 2 aromatic carbocycles. The lowest BCUT2D eigenvalue weighted by Crippen LogP contribution is -2.02. The van der Waals surface area contributed by atoms with Crippen LogP contribution in [-0.4, -0.2) is 11.3 Å². The van der Waals surface area contributed by atoms with Gasteiger partial charge in [-0.1, -0.05) is 36.4 Å². The van der Waals surface area contributed by atoms with E-state index in [4.69, 9.17) is 14.7 Å². The second kappa shape index (κ2) is 11.4. The summed E-state index contributed by atoms with van der Waals surface area (Å²) in [5.74, 6) is 1.02. The van der Waals surface area contributed by atoms with Crippen molar-refractivity contribution in [3.8, 4) is 17.6 Å². The van der Waals surface area contributed by atoms with E-state index in [0.29, 0.717) is 29.2 Å². The van der Waals surface area contributed by atoms with Crippen molar-refractivity contribution in [2.45, 2.75) is 34.0 Å². The second-order valence-electron chi connectivity index (χ2n) is 7.55. The first kappa shape index (κ1) is 23.5. The molecule has 0 saturated carbocycles. The van der Waals surface area contributed by atoms with E-state index in [1.165, 1.54) is 22.9 Å². The van der Waals surface area contributed by atoms with E-state index in [-0.39, 0.29) is 6.61 Å². The third-order valence-corrected chi connectivity index (χ3v) is 5.23. The summed E-state index contributed by atoms with van der Waals surface area (Å²) in [5.41, 5.74) is 6.25. The van der Waals surface area contributed by atoms with Gasteiger partial charge in [-0.3, -0.25) is 9.78 Å². The second-order valence-corrected chi connectivity index (χ2v) is 7.55. The number of aromatic nitrogens is 1. The number of aldehydes is 1. The first-order valence-electron chi connectivity index (χ1n) is 10.6. The highest BCUT2D eigenvalue weighted by atomic mass is 16.5. The molecule has 0 aliphatic heterocycles. The Kier molecular flexibility index (Phi) is 8.15. The maximum atomic E-state index is 11.5. The van der Waals surface area contributed by atoms with Gasteiger partial charge < -0.3 is 9.47 Å². The molecule has 0 aliphatic rings. The number of carbonyl (C=O) groups is 1. The van der Waals surface area contributed by atoms with Crippen molar-refractivity contribution < 1.29 is 14.3 Å². The Morgan fingerprint density at radius 1 is 1.12 bits per heavy atom. The molecule has 0 radical (unpaired) electrons. The van der Waals surface area contributed by atoms with Crippen molar-refractivity contribution in [1.29, 1.82) is 5.26 Å². The highest BCUT2D eigenvalue weighted by Gasteiger charge is 2.09. The van der Waals surface area contributed by atoms with Crippen molar-refractivity contribution in [3.63, 3.8) is 0 Å². The quantitative estimate of drug-likeness (QED) is 0.293. The van der Waals surface area contributed by atoms with Crippen molar-refractivity contribution in [2.75, 3.05) is 0 Å². The SMILES string of the molecule is C/C=C\C=C(/C)c1cccc(COc2ccc(C=O)c(OCc3cncc(C#N)c3)c2)c1C. The average molecular weight is 439 g/mol. The molecule has 3 aromatic rings. The molecule has 0 saturated heterocycles. The molecule has 5 heteroatoms. The van der Waals surface area contributed by atoms with Crippen LogP contribution in [0.1, 0.15) is 52.0 Å². The van der Waals surface area contributed by atoms with Gasteiger partial charge in [0.15, 0.2) is 6.29 Å². The number of hydrogen-bond acceptors (Lipinski definition) is 5. The van der Waals surface area contributed by atoms with Crippen LogP contribution >= 0.6 is 0 Å². The van der Waals surface area contributed by atoms with Gasteiger partial charge in [0.2, 0.25) is 0 Å². The summed E-state index contributed by atoms with van der Waals surface area (Å²) in [7, 11) is 0. The lowest BCUT2D eigenvalue weighted by atomic mass is 9.97. The Balaban J connectivity index is 1.75. The molecular formula is C28H26N2O3. The van der Waals surface area contributed by atoms with Crippen molar-refractivity contribution >= 4 is 11.9 Å². The maximum Gasteiger partial charge on any atom is 0.153 e. The highest BCUT2D eigenvalue weighted by Crippen LogP contribution is 2.27. The van der Waals surface area contributed by atoms with Gasteiger partial charge in [-0.2, -0.15) is 5.26 Å². The topological polar surface area (TPSA) is 72.2 Å². The smallest absolute Gasteiger partial charge is 0.153 e. The molecule has 0 fully saturated rings. The lowest BCUT2D eigenvalue weighted by Gasteiger charge is -2.14. The standard InChI is InChI=1S/C28H26N2O3/c1-4-5-7-20(2)27-9-6-8-25(21(27)3)19-32-26-11-10-24(17-31)28(13-26)33-18-23-12-22(14-29)15-30-16-23/h4-13,15-17H,18-19H2,1-3H3/b5-4-,20-7+. The Bertz CT molecular complexity index is 1240. The first-order chi connectivity index (χ1) is 16.0. The van der Waals surface area contributed by atoms with Gasteiger partial charge in [0.25, 0.3) is 0 Å². The monoisotopic (exact) mass is 438 g/mol. The van der Waals surface area contributed by atoms with Crippen LogP contribution in [0.25, 0.3) is 5.57 Å². The Morgan fingerprint density at radius 3 is 2.73 bits per heavy atom. The molecule has 166 valence electrons. The van der Waals surface area contributed by atoms with Crippen molar-refractivity contribution in [1.82, 2.24) is 4.98 Å². The minimum absolute atomic E-state index is 0.186. The summed E-state index contributed by atoms with van der Waals surface area (Å²) in [6.45, 7) is 6.76. The summed E-state index contributed by atoms with van der Waals surface area (Å²) >= 11 is 0. The normalized spacial score (nSPS) is 11.3. The number of rotatable bonds is 9. The number of ether oxygens (including phenoxy) is 2. The molecule has 0 aliphatic carbocycles. The van der Waals surface area contributed by atoms with Crippen LogP contribution in [0.3, 0.4) is 0 Å². The molecule has 5 nitrogen and oxygen atoms in total. The van der Waals surface area contributed by atoms with E-state index in [2.05, 4.69) is 37.0 Å². The van der Waals surface area contributed by atoms with Crippen LogP contribution in [0.15, 0.2) is 73.1 Å². The van der Waals surface area contributed by atoms with Crippen molar-refractivity contribution in [2.24, 2.45) is 0 Å². The van der Waals surface area contributed by atoms with E-state index in [1.807, 2.05) is 31.2 Å². The van der Waals surface area contributed by atoms with Crippen LogP contribution in [-0.2, 0) is 13.2 Å². The minimum atomic E-state index is 0.186. The van der Waals surface area contributed by atoms with Gasteiger partial charge in [0, 0.05) is 24.0 Å². The van der Waals surface area contributed by atoms with Gasteiger partial charge in [0.05, 0.1) is 11.1 Å². The van der Waals surface area contributed by atoms with Gasteiger partial charge in [-0.15, -0.1) is 0 Å². The van der Waals surface area contributed by atoms with Crippen LogP contribution < -0.4 is 9.47 Å². The summed E-state index contributed by atoms with van der Waals surface area (Å²) < 4.78 is 11.9. The molecule has 1 heterocycles. The summed E-state index contributed by atoms with van der Waals surface area (Å²) in [6, 6.07) is 15.1. The minimum Gasteiger partial charge on any atom is -0.489 e. The summed E-state index contributed by atoms with van der Waals surface area (Å²) in [6.07, 6.45) is 9.99. The zero-order valence-corrected chi connectivity index (χ0v) is 19.0. The van der Waals surface area contributed by atoms with Gasteiger partial charge in [-0.05, 0) is 61.2 Å². The lowest BCUT2D eigenvalue weighted by molar-refractivity contribution is 0.111. The number of hydrogen-bond donors (Lipinski definition) is 0. The fraction of sp³-hybridized carbons (Fsp3) is 0.179. The Labute approximate surface area is 194 Å². The predicted molar refractivity (Wildman–Crippen MR) is 129 cm³/mol. The molecule has 1 aromatic heterocycles. The van der Waals surface area contributed by atoms with Gasteiger partial charge in [-0.25, -0.2) is 0 Å². The van der Waals surface area contributed by atoms with E-state index in [0.717, 1.165) is 17.4 Å². The largest absolute Gasteiger partial charge is 0.489 e. The summed E-state index contributed by atoms with van der Waals surface area (Å²) in [5, 5.41) is 9.02. The van der Waals surface area contributed by atoms with E-state index in [1.54, 1.807) is 30.5 Å². The third-order valence-electron chi connectivity index (χ3n) is 5.23. The van der Waals surface area contributed by atoms with Crippen LogP contribution in [0.4, 0.5) is 0 Å². The van der Waals surface area contributed by atoms with Crippen molar-refractivity contribution in [3.05, 3.63) is 106 Å². The first-order valence-corrected chi connectivity index (χ1v) is 10.6. The Morgan fingerprint density at radius 2 is 1.97 bits per heavy atom. The average Bonchev–Trinajstić information content (AvgIpc) is 2.85. The van der Waals surface area contributed by atoms with Crippen LogP contribution in [0, 0.1) is 18.3 Å². The fourth-order valence-corrected chi connectivity index (χ4v) is 3.37. The van der Waals surface area contributed by atoms with E-state index in [9.17, 15) is 4.79 Å². The molecule has 33 heavy (non-hydrogen) atoms. The molecule has 0 N–H and O–H groups in total. The number of benzene rings is 2. The summed E-state index contributed by atoms with van der Waals surface area (Å²) in [4.78, 5) is 15.5. The third kappa shape index (κ3) is 6.18. The van der Waals surface area contributed by atoms with E-state index < -0.39 is 0 Å². The van der Waals surface area contributed by atoms with Crippen LogP contribution in [0.5, 0.6) is 11.5 Å².